The van der Waals surface area contributed by atoms with Crippen LogP contribution in [0.2, 0.25) is 10.0 Å². The van der Waals surface area contributed by atoms with E-state index in [1.807, 2.05) is 24.3 Å². The van der Waals surface area contributed by atoms with Gasteiger partial charge in [-0.25, -0.2) is 9.50 Å². The maximum atomic E-state index is 13.1. The van der Waals surface area contributed by atoms with Gasteiger partial charge in [-0.15, -0.1) is 0 Å². The molecule has 4 saturated carbocycles. The monoisotopic (exact) mass is 514 g/mol. The first-order valence-corrected chi connectivity index (χ1v) is 13.3. The number of rotatable bonds is 3. The summed E-state index contributed by atoms with van der Waals surface area (Å²) in [5.41, 5.74) is 4.65. The third kappa shape index (κ3) is 3.28. The molecule has 7 heteroatoms. The topological polar surface area (TPSA) is 73.9 Å². The first-order valence-electron chi connectivity index (χ1n) is 12.5. The van der Waals surface area contributed by atoms with Crippen molar-refractivity contribution >= 4 is 28.8 Å². The maximum Gasteiger partial charge on any atom is 0.273 e. The number of H-pyrrole nitrogens is 1. The number of halogens is 2. The number of fused-ring (bicyclic) bond motifs is 1. The molecule has 2 aromatic heterocycles. The second-order valence-electron chi connectivity index (χ2n) is 10.9. The molecule has 8 rings (SSSR count). The number of nitriles is 1. The van der Waals surface area contributed by atoms with E-state index in [2.05, 4.69) is 23.3 Å². The fourth-order valence-electron chi connectivity index (χ4n) is 7.91. The summed E-state index contributed by atoms with van der Waals surface area (Å²) < 4.78 is 1.56. The Morgan fingerprint density at radius 2 is 1.75 bits per heavy atom. The van der Waals surface area contributed by atoms with E-state index >= 15 is 0 Å². The molecule has 5 nitrogen and oxygen atoms in total. The zero-order chi connectivity index (χ0) is 24.6. The molecule has 3 atom stereocenters. The normalized spacial score (nSPS) is 28.5. The van der Waals surface area contributed by atoms with Gasteiger partial charge in [0.15, 0.2) is 5.65 Å². The smallest absolute Gasteiger partial charge is 0.273 e. The highest BCUT2D eigenvalue weighted by molar-refractivity contribution is 6.35. The van der Waals surface area contributed by atoms with Crippen LogP contribution >= 0.6 is 23.2 Å². The molecule has 4 aliphatic carbocycles. The Balaban J connectivity index is 1.37. The lowest BCUT2D eigenvalue weighted by atomic mass is 9.43. The first kappa shape index (κ1) is 22.2. The lowest BCUT2D eigenvalue weighted by Gasteiger charge is -2.61. The van der Waals surface area contributed by atoms with Crippen LogP contribution in [-0.2, 0) is 5.41 Å². The van der Waals surface area contributed by atoms with Crippen LogP contribution in [0.4, 0.5) is 0 Å². The molecule has 0 amide bonds. The summed E-state index contributed by atoms with van der Waals surface area (Å²) in [4.78, 5) is 18.0. The number of nitrogens with one attached hydrogen (secondary N) is 1. The van der Waals surface area contributed by atoms with Crippen molar-refractivity contribution in [3.63, 3.8) is 0 Å². The highest BCUT2D eigenvalue weighted by atomic mass is 35.5. The minimum atomic E-state index is -0.145. The molecule has 4 bridgehead atoms. The van der Waals surface area contributed by atoms with Gasteiger partial charge in [-0.2, -0.15) is 5.26 Å². The number of nitrogens with zero attached hydrogens (tertiary/aromatic N) is 3. The summed E-state index contributed by atoms with van der Waals surface area (Å²) in [6.45, 7) is 0. The lowest BCUT2D eigenvalue weighted by Crippen LogP contribution is -2.54. The molecule has 0 spiro atoms. The van der Waals surface area contributed by atoms with Crippen LogP contribution in [-0.4, -0.2) is 14.6 Å². The van der Waals surface area contributed by atoms with Gasteiger partial charge in [0.2, 0.25) is 0 Å². The molecule has 2 heterocycles. The van der Waals surface area contributed by atoms with E-state index in [1.165, 1.54) is 24.8 Å². The molecule has 2 aromatic carbocycles. The minimum Gasteiger partial charge on any atom is -0.293 e. The van der Waals surface area contributed by atoms with Crippen LogP contribution < -0.4 is 5.56 Å². The second kappa shape index (κ2) is 7.96. The predicted molar refractivity (Wildman–Crippen MR) is 140 cm³/mol. The van der Waals surface area contributed by atoms with Crippen molar-refractivity contribution in [2.24, 2.45) is 17.8 Å². The summed E-state index contributed by atoms with van der Waals surface area (Å²) in [7, 11) is 0. The molecule has 4 aliphatic rings. The van der Waals surface area contributed by atoms with Gasteiger partial charge in [0.1, 0.15) is 0 Å². The Kier molecular flexibility index (Phi) is 4.90. The van der Waals surface area contributed by atoms with Crippen molar-refractivity contribution in [2.45, 2.75) is 43.4 Å². The third-order valence-corrected chi connectivity index (χ3v) is 9.44. The van der Waals surface area contributed by atoms with Crippen LogP contribution in [0, 0.1) is 29.1 Å². The van der Waals surface area contributed by atoms with Crippen molar-refractivity contribution in [3.05, 3.63) is 91.8 Å². The number of aromatic amines is 1. The highest BCUT2D eigenvalue weighted by Crippen LogP contribution is 2.67. The maximum absolute atomic E-state index is 13.1. The van der Waals surface area contributed by atoms with Gasteiger partial charge >= 0.3 is 0 Å². The summed E-state index contributed by atoms with van der Waals surface area (Å²) in [6, 6.07) is 18.9. The van der Waals surface area contributed by atoms with E-state index in [0.717, 1.165) is 41.0 Å². The average Bonchev–Trinajstić information content (AvgIpc) is 3.27. The van der Waals surface area contributed by atoms with E-state index < -0.39 is 0 Å². The number of aromatic nitrogens is 3. The molecule has 3 unspecified atom stereocenters. The Labute approximate surface area is 218 Å². The number of hydrogen-bond acceptors (Lipinski definition) is 3. The molecular weight excluding hydrogens is 491 g/mol. The largest absolute Gasteiger partial charge is 0.293 e. The Bertz CT molecular complexity index is 1600. The molecule has 4 fully saturated rings. The van der Waals surface area contributed by atoms with E-state index in [0.29, 0.717) is 27.8 Å². The third-order valence-electron chi connectivity index (χ3n) is 8.89. The summed E-state index contributed by atoms with van der Waals surface area (Å²) in [5.74, 6) is 2.23. The molecular formula is C29H24Cl2N4O. The zero-order valence-electron chi connectivity index (χ0n) is 19.5. The van der Waals surface area contributed by atoms with Crippen LogP contribution in [0.15, 0.2) is 59.4 Å². The second-order valence-corrected chi connectivity index (χ2v) is 11.8. The van der Waals surface area contributed by atoms with Crippen LogP contribution in [0.1, 0.15) is 54.8 Å². The Morgan fingerprint density at radius 1 is 1.00 bits per heavy atom. The lowest BCUT2D eigenvalue weighted by molar-refractivity contribution is -0.0294. The SMILES string of the molecule is N#Cc1ccc(-c2cc(=O)n3[nH]c(C4C5CC6CC(C5)CC4(c4ccc(Cl)cc4Cl)C6)cc3n2)cc1. The van der Waals surface area contributed by atoms with E-state index in [9.17, 15) is 4.79 Å². The van der Waals surface area contributed by atoms with E-state index in [-0.39, 0.29) is 16.9 Å². The summed E-state index contributed by atoms with van der Waals surface area (Å²) in [6.07, 6.45) is 5.99. The number of benzene rings is 2. The fourth-order valence-corrected chi connectivity index (χ4v) is 8.50. The van der Waals surface area contributed by atoms with Crippen LogP contribution in [0.3, 0.4) is 0 Å². The van der Waals surface area contributed by atoms with Gasteiger partial charge in [0.25, 0.3) is 5.56 Å². The molecule has 36 heavy (non-hydrogen) atoms. The zero-order valence-corrected chi connectivity index (χ0v) is 21.1. The summed E-state index contributed by atoms with van der Waals surface area (Å²) in [5, 5.41) is 13.9. The van der Waals surface area contributed by atoms with Crippen molar-refractivity contribution in [3.8, 4) is 17.3 Å². The van der Waals surface area contributed by atoms with Crippen molar-refractivity contribution in [1.82, 2.24) is 14.6 Å². The average molecular weight is 515 g/mol. The molecule has 4 aromatic rings. The first-order chi connectivity index (χ1) is 17.4. The Morgan fingerprint density at radius 3 is 2.44 bits per heavy atom. The van der Waals surface area contributed by atoms with Crippen molar-refractivity contribution < 1.29 is 0 Å². The van der Waals surface area contributed by atoms with Gasteiger partial charge in [-0.3, -0.25) is 9.89 Å². The van der Waals surface area contributed by atoms with Crippen molar-refractivity contribution in [1.29, 1.82) is 5.26 Å². The predicted octanol–water partition coefficient (Wildman–Crippen LogP) is 6.73. The van der Waals surface area contributed by atoms with Crippen LogP contribution in [0.25, 0.3) is 16.9 Å². The molecule has 1 N–H and O–H groups in total. The Hall–Kier alpha value is -3.07. The highest BCUT2D eigenvalue weighted by Gasteiger charge is 2.59. The van der Waals surface area contributed by atoms with Crippen LogP contribution in [0.5, 0.6) is 0 Å². The van der Waals surface area contributed by atoms with Gasteiger partial charge in [0, 0.05) is 44.8 Å². The van der Waals surface area contributed by atoms with Gasteiger partial charge < -0.3 is 0 Å². The standard InChI is InChI=1S/C29H24Cl2N4O/c30-21-5-6-22(23(31)10-21)29-13-17-7-18(14-29)9-20(8-17)28(29)25-11-26-33-24(12-27(36)35(26)34-25)19-3-1-16(15-32)2-4-19/h1-6,10-12,17-18,20,28,34H,7-9,13-14H2. The van der Waals surface area contributed by atoms with E-state index in [4.69, 9.17) is 33.4 Å². The minimum absolute atomic E-state index is 0.0726. The number of hydrogen-bond donors (Lipinski definition) is 1. The summed E-state index contributed by atoms with van der Waals surface area (Å²) >= 11 is 13.1. The molecule has 0 saturated heterocycles. The van der Waals surface area contributed by atoms with Gasteiger partial charge in [-0.05, 0) is 79.7 Å². The fraction of sp³-hybridized carbons (Fsp3) is 0.345. The quantitative estimate of drug-likeness (QED) is 0.329. The van der Waals surface area contributed by atoms with E-state index in [1.54, 1.807) is 22.7 Å². The van der Waals surface area contributed by atoms with Gasteiger partial charge in [0.05, 0.1) is 17.3 Å². The molecule has 0 radical (unpaired) electrons. The van der Waals surface area contributed by atoms with Crippen molar-refractivity contribution in [2.75, 3.05) is 0 Å². The molecule has 180 valence electrons. The molecule has 0 aliphatic heterocycles. The van der Waals surface area contributed by atoms with Gasteiger partial charge in [-0.1, -0.05) is 41.4 Å².